The molecule has 0 spiro atoms. The molecule has 25 heavy (non-hydrogen) atoms. The molecule has 1 aromatic heterocycles. The van der Waals surface area contributed by atoms with E-state index in [9.17, 15) is 9.59 Å². The highest BCUT2D eigenvalue weighted by molar-refractivity contribution is 5.77. The van der Waals surface area contributed by atoms with Crippen LogP contribution in [0.25, 0.3) is 10.9 Å². The molecule has 0 amide bonds. The molecule has 0 aliphatic heterocycles. The average Bonchev–Trinajstić information content (AvgIpc) is 2.58. The Morgan fingerprint density at radius 1 is 0.960 bits per heavy atom. The number of para-hydroxylation sites is 1. The van der Waals surface area contributed by atoms with Gasteiger partial charge in [0, 0.05) is 18.5 Å². The maximum atomic E-state index is 12.1. The summed E-state index contributed by atoms with van der Waals surface area (Å²) in [6, 6.07) is 17.4. The number of aryl methyl sites for hydroxylation is 1. The van der Waals surface area contributed by atoms with Crippen LogP contribution in [0, 0.1) is 0 Å². The van der Waals surface area contributed by atoms with E-state index in [4.69, 9.17) is 4.42 Å². The van der Waals surface area contributed by atoms with E-state index >= 15 is 0 Å². The van der Waals surface area contributed by atoms with Crippen LogP contribution >= 0.6 is 0 Å². The van der Waals surface area contributed by atoms with Gasteiger partial charge in [-0.3, -0.25) is 4.57 Å². The Morgan fingerprint density at radius 3 is 2.40 bits per heavy atom. The monoisotopic (exact) mass is 339 g/mol. The van der Waals surface area contributed by atoms with E-state index in [0.717, 1.165) is 24.0 Å². The van der Waals surface area contributed by atoms with Crippen LogP contribution in [-0.2, 0) is 13.1 Å². The number of hydrogen-bond donors (Lipinski definition) is 0. The van der Waals surface area contributed by atoms with Gasteiger partial charge < -0.3 is 8.90 Å². The van der Waals surface area contributed by atoms with Gasteiger partial charge in [-0.2, -0.15) is 0 Å². The van der Waals surface area contributed by atoms with Crippen molar-refractivity contribution in [1.29, 1.82) is 0 Å². The van der Waals surface area contributed by atoms with Gasteiger partial charge in [-0.15, -0.1) is 0 Å². The number of fused-ring (bicyclic) bond motifs is 1. The number of hydrogen-bond acceptors (Lipinski definition) is 3. The summed E-state index contributed by atoms with van der Waals surface area (Å²) in [6.07, 6.45) is 0.817. The summed E-state index contributed by atoms with van der Waals surface area (Å²) in [5.74, 6) is -0.586. The number of benzene rings is 2. The summed E-state index contributed by atoms with van der Waals surface area (Å²) in [6.45, 7) is 2.37. The Bertz CT molecular complexity index is 971. The zero-order valence-electron chi connectivity index (χ0n) is 14.6. The number of nitrogens with zero attached hydrogens (tertiary/aromatic N) is 2. The Kier molecular flexibility index (Phi) is 4.86. The maximum absolute atomic E-state index is 12.1. The molecule has 0 saturated carbocycles. The first kappa shape index (κ1) is 17.2. The van der Waals surface area contributed by atoms with E-state index in [1.807, 2.05) is 24.3 Å². The van der Waals surface area contributed by atoms with Crippen LogP contribution in [0.15, 0.2) is 68.6 Å². The molecular weight excluding hydrogens is 316 g/mol. The van der Waals surface area contributed by atoms with Crippen LogP contribution in [0.5, 0.6) is 0 Å². The Morgan fingerprint density at radius 2 is 1.64 bits per heavy atom. The lowest BCUT2D eigenvalue weighted by molar-refractivity contribution is -0.903. The third-order valence-electron chi connectivity index (χ3n) is 4.41. The fourth-order valence-electron chi connectivity index (χ4n) is 3.19. The van der Waals surface area contributed by atoms with Crippen LogP contribution < -0.4 is 11.4 Å². The van der Waals surface area contributed by atoms with Crippen molar-refractivity contribution in [2.45, 2.75) is 19.5 Å². The largest absolute Gasteiger partial charge is 0.422 e. The predicted molar refractivity (Wildman–Crippen MR) is 98.5 cm³/mol. The number of rotatable bonds is 6. The third-order valence-corrected chi connectivity index (χ3v) is 4.41. The van der Waals surface area contributed by atoms with Crippen molar-refractivity contribution < 1.29 is 8.90 Å². The standard InChI is InChI=1S/C20H23N2O3/c1-22(2,15-16-9-4-3-5-10-16)14-8-13-21-18-12-7-6-11-17(18)19(23)25-20(21)24/h3-7,9-12H,8,13-15H2,1-2H3/q+1. The van der Waals surface area contributed by atoms with Crippen LogP contribution in [0.2, 0.25) is 0 Å². The molecule has 2 aromatic carbocycles. The van der Waals surface area contributed by atoms with Crippen molar-refractivity contribution in [2.24, 2.45) is 0 Å². The van der Waals surface area contributed by atoms with Crippen molar-refractivity contribution in [3.8, 4) is 0 Å². The topological polar surface area (TPSA) is 52.2 Å². The van der Waals surface area contributed by atoms with Gasteiger partial charge in [0.05, 0.1) is 31.5 Å². The minimum absolute atomic E-state index is 0.445. The molecule has 130 valence electrons. The SMILES string of the molecule is C[N+](C)(CCCn1c(=O)oc(=O)c2ccccc21)Cc1ccccc1. The first-order valence-electron chi connectivity index (χ1n) is 8.45. The summed E-state index contributed by atoms with van der Waals surface area (Å²) >= 11 is 0. The smallest absolute Gasteiger partial charge is 0.372 e. The van der Waals surface area contributed by atoms with E-state index in [2.05, 4.69) is 26.2 Å². The van der Waals surface area contributed by atoms with E-state index in [1.54, 1.807) is 22.8 Å². The second-order valence-electron chi connectivity index (χ2n) is 6.98. The van der Waals surface area contributed by atoms with Crippen LogP contribution in [-0.4, -0.2) is 29.7 Å². The van der Waals surface area contributed by atoms with Gasteiger partial charge in [-0.25, -0.2) is 9.59 Å². The van der Waals surface area contributed by atoms with E-state index < -0.39 is 11.4 Å². The second-order valence-corrected chi connectivity index (χ2v) is 6.98. The van der Waals surface area contributed by atoms with E-state index in [-0.39, 0.29) is 0 Å². The second kappa shape index (κ2) is 7.07. The van der Waals surface area contributed by atoms with E-state index in [0.29, 0.717) is 17.4 Å². The minimum atomic E-state index is -0.586. The highest BCUT2D eigenvalue weighted by atomic mass is 16.4. The molecule has 0 aliphatic rings. The van der Waals surface area contributed by atoms with Crippen LogP contribution in [0.1, 0.15) is 12.0 Å². The summed E-state index contributed by atoms with van der Waals surface area (Å²) in [5.41, 5.74) is 1.36. The maximum Gasteiger partial charge on any atom is 0.422 e. The minimum Gasteiger partial charge on any atom is -0.372 e. The normalized spacial score (nSPS) is 11.8. The molecular formula is C20H23N2O3+. The highest BCUT2D eigenvalue weighted by Gasteiger charge is 2.16. The predicted octanol–water partition coefficient (Wildman–Crippen LogP) is 2.62. The van der Waals surface area contributed by atoms with Gasteiger partial charge in [-0.1, -0.05) is 42.5 Å². The molecule has 3 rings (SSSR count). The summed E-state index contributed by atoms with van der Waals surface area (Å²) in [4.78, 5) is 23.9. The van der Waals surface area contributed by atoms with Gasteiger partial charge in [0.25, 0.3) is 0 Å². The van der Waals surface area contributed by atoms with Crippen molar-refractivity contribution in [3.63, 3.8) is 0 Å². The summed E-state index contributed by atoms with van der Waals surface area (Å²) in [5, 5.41) is 0.445. The zero-order chi connectivity index (χ0) is 17.9. The fraction of sp³-hybridized carbons (Fsp3) is 0.300. The van der Waals surface area contributed by atoms with Gasteiger partial charge in [0.2, 0.25) is 0 Å². The molecule has 0 fully saturated rings. The molecule has 0 radical (unpaired) electrons. The Balaban J connectivity index is 1.73. The summed E-state index contributed by atoms with van der Waals surface area (Å²) < 4.78 is 7.23. The molecule has 5 nitrogen and oxygen atoms in total. The quantitative estimate of drug-likeness (QED) is 0.649. The molecule has 0 N–H and O–H groups in total. The van der Waals surface area contributed by atoms with Crippen molar-refractivity contribution in [3.05, 3.63) is 81.1 Å². The van der Waals surface area contributed by atoms with Crippen LogP contribution in [0.3, 0.4) is 0 Å². The van der Waals surface area contributed by atoms with Gasteiger partial charge in [0.15, 0.2) is 0 Å². The molecule has 5 heteroatoms. The molecule has 0 saturated heterocycles. The Hall–Kier alpha value is -2.66. The van der Waals surface area contributed by atoms with Gasteiger partial charge >= 0.3 is 11.4 Å². The molecule has 3 aromatic rings. The van der Waals surface area contributed by atoms with E-state index in [1.165, 1.54) is 5.56 Å². The molecule has 1 heterocycles. The first-order chi connectivity index (χ1) is 12.0. The third kappa shape index (κ3) is 4.06. The lowest BCUT2D eigenvalue weighted by Crippen LogP contribution is -2.40. The lowest BCUT2D eigenvalue weighted by atomic mass is 10.2. The Labute approximate surface area is 146 Å². The molecule has 0 atom stereocenters. The zero-order valence-corrected chi connectivity index (χ0v) is 14.6. The molecule has 0 bridgehead atoms. The first-order valence-corrected chi connectivity index (χ1v) is 8.45. The molecule has 0 aliphatic carbocycles. The van der Waals surface area contributed by atoms with Crippen molar-refractivity contribution >= 4 is 10.9 Å². The molecule has 0 unspecified atom stereocenters. The van der Waals surface area contributed by atoms with Gasteiger partial charge in [-0.05, 0) is 12.1 Å². The highest BCUT2D eigenvalue weighted by Crippen LogP contribution is 2.12. The van der Waals surface area contributed by atoms with Gasteiger partial charge in [0.1, 0.15) is 6.54 Å². The number of aromatic nitrogens is 1. The summed E-state index contributed by atoms with van der Waals surface area (Å²) in [7, 11) is 4.36. The van der Waals surface area contributed by atoms with Crippen LogP contribution in [0.4, 0.5) is 0 Å². The van der Waals surface area contributed by atoms with Crippen molar-refractivity contribution in [2.75, 3.05) is 20.6 Å². The van der Waals surface area contributed by atoms with Crippen molar-refractivity contribution in [1.82, 2.24) is 4.57 Å². The lowest BCUT2D eigenvalue weighted by Gasteiger charge is -2.30. The average molecular weight is 339 g/mol. The number of quaternary nitrogens is 1. The fourth-order valence-corrected chi connectivity index (χ4v) is 3.19.